The van der Waals surface area contributed by atoms with E-state index in [9.17, 15) is 4.79 Å². The lowest BCUT2D eigenvalue weighted by Gasteiger charge is -2.20. The topological polar surface area (TPSA) is 76.8 Å². The number of aryl methyl sites for hydroxylation is 1. The first kappa shape index (κ1) is 16.7. The summed E-state index contributed by atoms with van der Waals surface area (Å²) < 4.78 is 3.62. The van der Waals surface area contributed by atoms with Crippen molar-refractivity contribution in [3.8, 4) is 0 Å². The summed E-state index contributed by atoms with van der Waals surface area (Å²) in [6, 6.07) is 2.03. The highest BCUT2D eigenvalue weighted by molar-refractivity contribution is 5.75. The second-order valence-electron chi connectivity index (χ2n) is 6.37. The molecule has 1 unspecified atom stereocenters. The zero-order valence-corrected chi connectivity index (χ0v) is 14.2. The lowest BCUT2D eigenvalue weighted by atomic mass is 9.97. The van der Waals surface area contributed by atoms with Gasteiger partial charge in [-0.1, -0.05) is 6.92 Å². The van der Waals surface area contributed by atoms with Crippen molar-refractivity contribution in [3.05, 3.63) is 35.9 Å². The van der Waals surface area contributed by atoms with Crippen LogP contribution in [0.15, 0.2) is 24.7 Å². The van der Waals surface area contributed by atoms with Gasteiger partial charge in [0.15, 0.2) is 0 Å². The Kier molecular flexibility index (Phi) is 5.63. The van der Waals surface area contributed by atoms with Crippen LogP contribution >= 0.6 is 0 Å². The second-order valence-corrected chi connectivity index (χ2v) is 6.37. The number of carbonyl (C=O) groups excluding carboxylic acids is 1. The van der Waals surface area contributed by atoms with Crippen molar-refractivity contribution >= 4 is 5.91 Å². The maximum absolute atomic E-state index is 12.1. The SMILES string of the molecule is CCCn1cc(CNC(=O)Cn2ccc(C3CCCNC3)n2)cn1. The van der Waals surface area contributed by atoms with Crippen molar-refractivity contribution in [2.45, 2.75) is 51.7 Å². The summed E-state index contributed by atoms with van der Waals surface area (Å²) in [6.07, 6.45) is 9.07. The van der Waals surface area contributed by atoms with Crippen molar-refractivity contribution in [3.63, 3.8) is 0 Å². The molecule has 2 aromatic heterocycles. The third-order valence-electron chi connectivity index (χ3n) is 4.31. The minimum Gasteiger partial charge on any atom is -0.350 e. The smallest absolute Gasteiger partial charge is 0.241 e. The first-order chi connectivity index (χ1) is 11.7. The molecule has 130 valence electrons. The lowest BCUT2D eigenvalue weighted by molar-refractivity contribution is -0.122. The average molecular weight is 330 g/mol. The first-order valence-corrected chi connectivity index (χ1v) is 8.76. The van der Waals surface area contributed by atoms with Crippen molar-refractivity contribution < 1.29 is 4.79 Å². The molecule has 3 heterocycles. The second kappa shape index (κ2) is 8.10. The Morgan fingerprint density at radius 3 is 3.17 bits per heavy atom. The predicted octanol–water partition coefficient (Wildman–Crippen LogP) is 1.27. The molecule has 0 radical (unpaired) electrons. The summed E-state index contributed by atoms with van der Waals surface area (Å²) >= 11 is 0. The molecular formula is C17H26N6O. The van der Waals surface area contributed by atoms with E-state index in [4.69, 9.17) is 0 Å². The largest absolute Gasteiger partial charge is 0.350 e. The van der Waals surface area contributed by atoms with Crippen LogP contribution in [0, 0.1) is 0 Å². The molecule has 0 saturated carbocycles. The number of hydrogen-bond acceptors (Lipinski definition) is 4. The van der Waals surface area contributed by atoms with E-state index < -0.39 is 0 Å². The van der Waals surface area contributed by atoms with Crippen LogP contribution in [0.3, 0.4) is 0 Å². The van der Waals surface area contributed by atoms with Gasteiger partial charge in [0.25, 0.3) is 0 Å². The van der Waals surface area contributed by atoms with E-state index in [0.717, 1.165) is 43.7 Å². The molecule has 2 aromatic rings. The molecule has 0 aliphatic carbocycles. The Labute approximate surface area is 142 Å². The Bertz CT molecular complexity index is 656. The molecule has 0 bridgehead atoms. The van der Waals surface area contributed by atoms with Crippen LogP contribution in [0.5, 0.6) is 0 Å². The van der Waals surface area contributed by atoms with Crippen LogP contribution in [0.25, 0.3) is 0 Å². The minimum atomic E-state index is -0.0327. The summed E-state index contributed by atoms with van der Waals surface area (Å²) in [4.78, 5) is 12.1. The summed E-state index contributed by atoms with van der Waals surface area (Å²) in [5, 5.41) is 15.1. The number of aromatic nitrogens is 4. The van der Waals surface area contributed by atoms with E-state index in [1.807, 2.05) is 23.1 Å². The molecule has 7 nitrogen and oxygen atoms in total. The molecule has 1 atom stereocenters. The van der Waals surface area contributed by atoms with Crippen LogP contribution in [0.4, 0.5) is 0 Å². The molecule has 1 aliphatic rings. The fraction of sp³-hybridized carbons (Fsp3) is 0.588. The van der Waals surface area contributed by atoms with Gasteiger partial charge < -0.3 is 10.6 Å². The minimum absolute atomic E-state index is 0.0327. The van der Waals surface area contributed by atoms with Gasteiger partial charge in [-0.2, -0.15) is 10.2 Å². The molecule has 2 N–H and O–H groups in total. The van der Waals surface area contributed by atoms with E-state index in [-0.39, 0.29) is 12.5 Å². The Balaban J connectivity index is 1.46. The summed E-state index contributed by atoms with van der Waals surface area (Å²) in [7, 11) is 0. The number of rotatable bonds is 7. The van der Waals surface area contributed by atoms with E-state index in [1.165, 1.54) is 6.42 Å². The van der Waals surface area contributed by atoms with Gasteiger partial charge in [0, 0.05) is 43.5 Å². The van der Waals surface area contributed by atoms with Crippen LogP contribution in [-0.4, -0.2) is 38.6 Å². The monoisotopic (exact) mass is 330 g/mol. The number of carbonyl (C=O) groups is 1. The third-order valence-corrected chi connectivity index (χ3v) is 4.31. The lowest BCUT2D eigenvalue weighted by Crippen LogP contribution is -2.29. The van der Waals surface area contributed by atoms with Crippen molar-refractivity contribution in [2.24, 2.45) is 0 Å². The average Bonchev–Trinajstić information content (AvgIpc) is 3.24. The Hall–Kier alpha value is -2.15. The van der Waals surface area contributed by atoms with E-state index >= 15 is 0 Å². The van der Waals surface area contributed by atoms with Crippen LogP contribution in [-0.2, 0) is 24.4 Å². The standard InChI is InChI=1S/C17H26N6O/c1-2-7-22-12-14(10-20-22)9-19-17(24)13-23-8-5-16(21-23)15-4-3-6-18-11-15/h5,8,10,12,15,18H,2-4,6-7,9,11,13H2,1H3,(H,19,24). The fourth-order valence-corrected chi connectivity index (χ4v) is 3.04. The first-order valence-electron chi connectivity index (χ1n) is 8.76. The van der Waals surface area contributed by atoms with Gasteiger partial charge in [-0.05, 0) is 31.9 Å². The molecule has 7 heteroatoms. The Morgan fingerprint density at radius 1 is 1.46 bits per heavy atom. The number of nitrogens with zero attached hydrogens (tertiary/aromatic N) is 4. The number of piperidine rings is 1. The molecular weight excluding hydrogens is 304 g/mol. The number of hydrogen-bond donors (Lipinski definition) is 2. The van der Waals surface area contributed by atoms with Gasteiger partial charge in [-0.15, -0.1) is 0 Å². The molecule has 3 rings (SSSR count). The van der Waals surface area contributed by atoms with Crippen LogP contribution < -0.4 is 10.6 Å². The summed E-state index contributed by atoms with van der Waals surface area (Å²) in [5.74, 6) is 0.433. The van der Waals surface area contributed by atoms with Gasteiger partial charge in [0.2, 0.25) is 5.91 Å². The summed E-state index contributed by atoms with van der Waals surface area (Å²) in [5.41, 5.74) is 2.10. The molecule has 1 amide bonds. The molecule has 0 spiro atoms. The molecule has 1 fully saturated rings. The van der Waals surface area contributed by atoms with Crippen LogP contribution in [0.2, 0.25) is 0 Å². The van der Waals surface area contributed by atoms with Gasteiger partial charge in [0.1, 0.15) is 6.54 Å². The van der Waals surface area contributed by atoms with Crippen molar-refractivity contribution in [1.29, 1.82) is 0 Å². The quantitative estimate of drug-likeness (QED) is 0.802. The van der Waals surface area contributed by atoms with Crippen molar-refractivity contribution in [2.75, 3.05) is 13.1 Å². The van der Waals surface area contributed by atoms with Gasteiger partial charge >= 0.3 is 0 Å². The maximum atomic E-state index is 12.1. The zero-order chi connectivity index (χ0) is 16.8. The van der Waals surface area contributed by atoms with Gasteiger partial charge in [-0.3, -0.25) is 14.2 Å². The number of nitrogens with one attached hydrogen (secondary N) is 2. The fourth-order valence-electron chi connectivity index (χ4n) is 3.04. The van der Waals surface area contributed by atoms with Crippen molar-refractivity contribution in [1.82, 2.24) is 30.2 Å². The highest BCUT2D eigenvalue weighted by Gasteiger charge is 2.17. The molecule has 1 aliphatic heterocycles. The zero-order valence-electron chi connectivity index (χ0n) is 14.2. The van der Waals surface area contributed by atoms with E-state index in [2.05, 4.69) is 27.8 Å². The van der Waals surface area contributed by atoms with Gasteiger partial charge in [0.05, 0.1) is 11.9 Å². The summed E-state index contributed by atoms with van der Waals surface area (Å²) in [6.45, 7) is 5.84. The van der Waals surface area contributed by atoms with E-state index in [0.29, 0.717) is 12.5 Å². The normalized spacial score (nSPS) is 17.8. The number of amides is 1. The van der Waals surface area contributed by atoms with E-state index in [1.54, 1.807) is 10.9 Å². The molecule has 24 heavy (non-hydrogen) atoms. The van der Waals surface area contributed by atoms with Gasteiger partial charge in [-0.25, -0.2) is 0 Å². The molecule has 0 aromatic carbocycles. The highest BCUT2D eigenvalue weighted by Crippen LogP contribution is 2.21. The molecule has 1 saturated heterocycles. The Morgan fingerprint density at radius 2 is 2.38 bits per heavy atom. The maximum Gasteiger partial charge on any atom is 0.241 e. The highest BCUT2D eigenvalue weighted by atomic mass is 16.2. The third kappa shape index (κ3) is 4.44. The predicted molar refractivity (Wildman–Crippen MR) is 91.4 cm³/mol. The van der Waals surface area contributed by atoms with Crippen LogP contribution in [0.1, 0.15) is 43.4 Å².